The third kappa shape index (κ3) is 2.63. The molecule has 0 unspecified atom stereocenters. The van der Waals surface area contributed by atoms with Crippen molar-refractivity contribution in [2.75, 3.05) is 23.7 Å². The van der Waals surface area contributed by atoms with E-state index in [9.17, 15) is 0 Å². The van der Waals surface area contributed by atoms with Gasteiger partial charge in [-0.15, -0.1) is 0 Å². The lowest BCUT2D eigenvalue weighted by Crippen LogP contribution is -2.37. The number of H-pyrrole nitrogens is 2. The molecular formula is C18H20N8. The van der Waals surface area contributed by atoms with Gasteiger partial charge in [0.2, 0.25) is 5.95 Å². The number of aromatic amines is 2. The highest BCUT2D eigenvalue weighted by atomic mass is 15.2. The number of hydrogen-bond acceptors (Lipinski definition) is 6. The molecule has 8 heteroatoms. The van der Waals surface area contributed by atoms with Crippen LogP contribution >= 0.6 is 0 Å². The quantitative estimate of drug-likeness (QED) is 0.523. The van der Waals surface area contributed by atoms with E-state index in [0.29, 0.717) is 11.6 Å². The molecule has 132 valence electrons. The molecule has 1 atom stereocenters. The molecule has 0 saturated carbocycles. The second kappa shape index (κ2) is 5.98. The van der Waals surface area contributed by atoms with Gasteiger partial charge in [0.15, 0.2) is 11.5 Å². The average molecular weight is 348 g/mol. The highest BCUT2D eigenvalue weighted by molar-refractivity contribution is 5.84. The van der Waals surface area contributed by atoms with Crippen molar-refractivity contribution in [3.8, 4) is 0 Å². The highest BCUT2D eigenvalue weighted by Gasteiger charge is 2.24. The van der Waals surface area contributed by atoms with Crippen LogP contribution in [0.4, 0.5) is 11.8 Å². The van der Waals surface area contributed by atoms with Crippen LogP contribution in [0, 0.1) is 5.92 Å². The van der Waals surface area contributed by atoms with Gasteiger partial charge in [0.05, 0.1) is 17.4 Å². The molecule has 3 aromatic heterocycles. The minimum Gasteiger partial charge on any atom is -0.368 e. The Morgan fingerprint density at radius 3 is 3.04 bits per heavy atom. The Hall–Kier alpha value is -3.16. The van der Waals surface area contributed by atoms with Crippen LogP contribution in [-0.2, 0) is 6.42 Å². The average Bonchev–Trinajstić information content (AvgIpc) is 3.27. The zero-order chi connectivity index (χ0) is 17.5. The van der Waals surface area contributed by atoms with Crippen LogP contribution in [-0.4, -0.2) is 43.0 Å². The molecule has 1 fully saturated rings. The SMILES string of the molecule is Nc1nc(N2CCC[C@@H](Cc3nc4ccccc4[nH]3)C2)c2[nH]cnc2n1. The first-order chi connectivity index (χ1) is 12.8. The van der Waals surface area contributed by atoms with Gasteiger partial charge >= 0.3 is 0 Å². The number of para-hydroxylation sites is 2. The van der Waals surface area contributed by atoms with Gasteiger partial charge in [0.1, 0.15) is 11.3 Å². The van der Waals surface area contributed by atoms with E-state index in [2.05, 4.69) is 35.9 Å². The number of nitrogens with zero attached hydrogens (tertiary/aromatic N) is 5. The molecule has 1 aliphatic heterocycles. The number of nitrogen functional groups attached to an aromatic ring is 1. The molecule has 1 aromatic carbocycles. The Morgan fingerprint density at radius 1 is 1.19 bits per heavy atom. The maximum absolute atomic E-state index is 5.87. The van der Waals surface area contributed by atoms with Gasteiger partial charge in [-0.25, -0.2) is 9.97 Å². The van der Waals surface area contributed by atoms with Crippen molar-refractivity contribution >= 4 is 34.0 Å². The van der Waals surface area contributed by atoms with E-state index in [0.717, 1.165) is 54.1 Å². The molecule has 8 nitrogen and oxygen atoms in total. The summed E-state index contributed by atoms with van der Waals surface area (Å²) in [5, 5.41) is 0. The van der Waals surface area contributed by atoms with Crippen LogP contribution in [0.15, 0.2) is 30.6 Å². The Morgan fingerprint density at radius 2 is 2.12 bits per heavy atom. The molecular weight excluding hydrogens is 328 g/mol. The molecule has 4 aromatic rings. The number of imidazole rings is 2. The van der Waals surface area contributed by atoms with Crippen LogP contribution in [0.2, 0.25) is 0 Å². The normalized spacial score (nSPS) is 18.0. The number of fused-ring (bicyclic) bond motifs is 2. The molecule has 4 N–H and O–H groups in total. The molecule has 0 bridgehead atoms. The maximum Gasteiger partial charge on any atom is 0.224 e. The van der Waals surface area contributed by atoms with Crippen LogP contribution in [0.5, 0.6) is 0 Å². The van der Waals surface area contributed by atoms with Crippen molar-refractivity contribution in [1.29, 1.82) is 0 Å². The fourth-order valence-electron chi connectivity index (χ4n) is 3.86. The van der Waals surface area contributed by atoms with E-state index in [4.69, 9.17) is 10.7 Å². The molecule has 1 aliphatic rings. The molecule has 0 radical (unpaired) electrons. The smallest absolute Gasteiger partial charge is 0.224 e. The van der Waals surface area contributed by atoms with Crippen molar-refractivity contribution in [2.24, 2.45) is 5.92 Å². The third-order valence-corrected chi connectivity index (χ3v) is 5.02. The summed E-state index contributed by atoms with van der Waals surface area (Å²) in [5.74, 6) is 2.67. The molecule has 26 heavy (non-hydrogen) atoms. The van der Waals surface area contributed by atoms with E-state index in [-0.39, 0.29) is 5.95 Å². The summed E-state index contributed by atoms with van der Waals surface area (Å²) in [5.41, 5.74) is 9.46. The van der Waals surface area contributed by atoms with E-state index >= 15 is 0 Å². The van der Waals surface area contributed by atoms with Crippen molar-refractivity contribution in [2.45, 2.75) is 19.3 Å². The Kier molecular flexibility index (Phi) is 3.48. The largest absolute Gasteiger partial charge is 0.368 e. The molecule has 0 amide bonds. The Balaban J connectivity index is 1.39. The third-order valence-electron chi connectivity index (χ3n) is 5.02. The summed E-state index contributed by atoms with van der Waals surface area (Å²) < 4.78 is 0. The zero-order valence-electron chi connectivity index (χ0n) is 14.3. The first kappa shape index (κ1) is 15.1. The number of piperidine rings is 1. The van der Waals surface area contributed by atoms with Crippen LogP contribution < -0.4 is 10.6 Å². The lowest BCUT2D eigenvalue weighted by Gasteiger charge is -2.33. The minimum absolute atomic E-state index is 0.263. The second-order valence-electron chi connectivity index (χ2n) is 6.87. The number of aromatic nitrogens is 6. The second-order valence-corrected chi connectivity index (χ2v) is 6.87. The lowest BCUT2D eigenvalue weighted by molar-refractivity contribution is 0.406. The summed E-state index contributed by atoms with van der Waals surface area (Å²) in [6.07, 6.45) is 4.86. The topological polar surface area (TPSA) is 112 Å². The molecule has 0 spiro atoms. The van der Waals surface area contributed by atoms with E-state index in [1.165, 1.54) is 6.42 Å². The number of rotatable bonds is 3. The summed E-state index contributed by atoms with van der Waals surface area (Å²) in [4.78, 5) is 26.5. The van der Waals surface area contributed by atoms with Crippen LogP contribution in [0.1, 0.15) is 18.7 Å². The lowest BCUT2D eigenvalue weighted by atomic mass is 9.94. The fraction of sp³-hybridized carbons (Fsp3) is 0.333. The Labute approximate surface area is 149 Å². The number of nitrogens with two attached hydrogens (primary N) is 1. The van der Waals surface area contributed by atoms with Crippen LogP contribution in [0.3, 0.4) is 0 Å². The van der Waals surface area contributed by atoms with Gasteiger partial charge in [0, 0.05) is 19.5 Å². The summed E-state index contributed by atoms with van der Waals surface area (Å²) in [6, 6.07) is 8.16. The van der Waals surface area contributed by atoms with Gasteiger partial charge in [-0.2, -0.15) is 9.97 Å². The predicted octanol–water partition coefficient (Wildman–Crippen LogP) is 2.27. The first-order valence-corrected chi connectivity index (χ1v) is 8.91. The maximum atomic E-state index is 5.87. The van der Waals surface area contributed by atoms with Crippen molar-refractivity contribution in [3.05, 3.63) is 36.4 Å². The van der Waals surface area contributed by atoms with Gasteiger partial charge in [-0.1, -0.05) is 12.1 Å². The zero-order valence-corrected chi connectivity index (χ0v) is 14.3. The molecule has 0 aliphatic carbocycles. The van der Waals surface area contributed by atoms with Crippen molar-refractivity contribution in [1.82, 2.24) is 29.9 Å². The number of nitrogens with one attached hydrogen (secondary N) is 2. The standard InChI is InChI=1S/C18H20N8/c19-18-24-16-15(20-10-21-16)17(25-18)26-7-3-4-11(9-26)8-14-22-12-5-1-2-6-13(12)23-14/h1-2,5-6,10-11H,3-4,7-9H2,(H,22,23)(H3,19,20,21,24,25)/t11-/m0/s1. The molecule has 5 rings (SSSR count). The van der Waals surface area contributed by atoms with Crippen molar-refractivity contribution in [3.63, 3.8) is 0 Å². The summed E-state index contributed by atoms with van der Waals surface area (Å²) in [6.45, 7) is 1.88. The molecule has 1 saturated heterocycles. The Bertz CT molecular complexity index is 1030. The summed E-state index contributed by atoms with van der Waals surface area (Å²) in [7, 11) is 0. The highest BCUT2D eigenvalue weighted by Crippen LogP contribution is 2.28. The van der Waals surface area contributed by atoms with E-state index < -0.39 is 0 Å². The van der Waals surface area contributed by atoms with Crippen molar-refractivity contribution < 1.29 is 0 Å². The molecule has 4 heterocycles. The predicted molar refractivity (Wildman–Crippen MR) is 101 cm³/mol. The first-order valence-electron chi connectivity index (χ1n) is 8.91. The number of benzene rings is 1. The van der Waals surface area contributed by atoms with E-state index in [1.54, 1.807) is 6.33 Å². The van der Waals surface area contributed by atoms with Crippen LogP contribution in [0.25, 0.3) is 22.2 Å². The number of anilines is 2. The fourth-order valence-corrected chi connectivity index (χ4v) is 3.86. The monoisotopic (exact) mass is 348 g/mol. The van der Waals surface area contributed by atoms with Gasteiger partial charge in [0.25, 0.3) is 0 Å². The van der Waals surface area contributed by atoms with E-state index in [1.807, 2.05) is 18.2 Å². The van der Waals surface area contributed by atoms with Gasteiger partial charge < -0.3 is 20.6 Å². The van der Waals surface area contributed by atoms with Gasteiger partial charge in [-0.05, 0) is 30.9 Å². The minimum atomic E-state index is 0.263. The summed E-state index contributed by atoms with van der Waals surface area (Å²) >= 11 is 0. The van der Waals surface area contributed by atoms with Gasteiger partial charge in [-0.3, -0.25) is 0 Å². The number of hydrogen-bond donors (Lipinski definition) is 3.